The van der Waals surface area contributed by atoms with E-state index in [2.05, 4.69) is 10.6 Å². The first kappa shape index (κ1) is 15.9. The first-order valence-electron chi connectivity index (χ1n) is 5.61. The molecule has 106 valence electrons. The molecule has 1 amide bonds. The van der Waals surface area contributed by atoms with Gasteiger partial charge in [0.25, 0.3) is 5.91 Å². The third-order valence-corrected chi connectivity index (χ3v) is 3.77. The standard InChI is InChI=1S/C11H15N3O3S.ClH/c12-18(16,17)10-3-1-8(2-4-10)11(15)14-9-5-6-13-7-9;/h1-4,9,13H,5-7H2,(H,14,15)(H2,12,16,17);1H/t9-;/m0./s1. The Hall–Kier alpha value is -1.15. The van der Waals surface area contributed by atoms with Crippen LogP contribution in [0.4, 0.5) is 0 Å². The van der Waals surface area contributed by atoms with Gasteiger partial charge in [0, 0.05) is 18.2 Å². The number of hydrogen-bond acceptors (Lipinski definition) is 4. The monoisotopic (exact) mass is 305 g/mol. The van der Waals surface area contributed by atoms with Crippen LogP contribution in [0.1, 0.15) is 16.8 Å². The van der Waals surface area contributed by atoms with E-state index in [0.29, 0.717) is 5.56 Å². The lowest BCUT2D eigenvalue weighted by Crippen LogP contribution is -2.36. The molecule has 1 aliphatic heterocycles. The second-order valence-electron chi connectivity index (χ2n) is 4.23. The van der Waals surface area contributed by atoms with Crippen LogP contribution in [0.25, 0.3) is 0 Å². The van der Waals surface area contributed by atoms with E-state index in [-0.39, 0.29) is 29.3 Å². The molecule has 8 heteroatoms. The molecule has 1 aromatic carbocycles. The zero-order valence-electron chi connectivity index (χ0n) is 10.1. The fourth-order valence-corrected chi connectivity index (χ4v) is 2.36. The third kappa shape index (κ3) is 4.17. The van der Waals surface area contributed by atoms with Crippen molar-refractivity contribution in [3.05, 3.63) is 29.8 Å². The van der Waals surface area contributed by atoms with Crippen molar-refractivity contribution in [2.45, 2.75) is 17.4 Å². The summed E-state index contributed by atoms with van der Waals surface area (Å²) in [4.78, 5) is 11.8. The first-order valence-corrected chi connectivity index (χ1v) is 7.16. The maximum atomic E-state index is 11.8. The van der Waals surface area contributed by atoms with Crippen molar-refractivity contribution in [2.75, 3.05) is 13.1 Å². The van der Waals surface area contributed by atoms with Crippen LogP contribution in [0.3, 0.4) is 0 Å². The highest BCUT2D eigenvalue weighted by atomic mass is 35.5. The summed E-state index contributed by atoms with van der Waals surface area (Å²) in [6.45, 7) is 1.66. The van der Waals surface area contributed by atoms with Gasteiger partial charge in [0.15, 0.2) is 0 Å². The van der Waals surface area contributed by atoms with Crippen LogP contribution in [0, 0.1) is 0 Å². The van der Waals surface area contributed by atoms with Crippen LogP contribution in [-0.4, -0.2) is 33.5 Å². The van der Waals surface area contributed by atoms with E-state index >= 15 is 0 Å². The average Bonchev–Trinajstić information content (AvgIpc) is 2.81. The van der Waals surface area contributed by atoms with Crippen molar-refractivity contribution in [1.82, 2.24) is 10.6 Å². The summed E-state index contributed by atoms with van der Waals surface area (Å²) in [5, 5.41) is 11.0. The number of rotatable bonds is 3. The van der Waals surface area contributed by atoms with E-state index in [1.54, 1.807) is 0 Å². The summed E-state index contributed by atoms with van der Waals surface area (Å²) in [6.07, 6.45) is 0.904. The molecule has 1 heterocycles. The van der Waals surface area contributed by atoms with Crippen LogP contribution >= 0.6 is 12.4 Å². The van der Waals surface area contributed by atoms with Crippen molar-refractivity contribution >= 4 is 28.3 Å². The maximum Gasteiger partial charge on any atom is 0.251 e. The molecule has 19 heavy (non-hydrogen) atoms. The van der Waals surface area contributed by atoms with Gasteiger partial charge in [-0.05, 0) is 37.2 Å². The molecule has 0 aromatic heterocycles. The van der Waals surface area contributed by atoms with Crippen molar-refractivity contribution in [3.8, 4) is 0 Å². The lowest BCUT2D eigenvalue weighted by atomic mass is 10.2. The predicted octanol–water partition coefficient (Wildman–Crippen LogP) is -0.153. The highest BCUT2D eigenvalue weighted by Gasteiger charge is 2.17. The highest BCUT2D eigenvalue weighted by molar-refractivity contribution is 7.89. The number of hydrogen-bond donors (Lipinski definition) is 3. The Kier molecular flexibility index (Phi) is 5.30. The SMILES string of the molecule is Cl.NS(=O)(=O)c1ccc(C(=O)N[C@H]2CCNC2)cc1. The lowest BCUT2D eigenvalue weighted by molar-refractivity contribution is 0.0940. The number of halogens is 1. The number of benzene rings is 1. The molecule has 1 aromatic rings. The molecule has 0 aliphatic carbocycles. The van der Waals surface area contributed by atoms with Gasteiger partial charge in [-0.3, -0.25) is 4.79 Å². The van der Waals surface area contributed by atoms with Crippen LogP contribution in [0.5, 0.6) is 0 Å². The van der Waals surface area contributed by atoms with Crippen molar-refractivity contribution in [3.63, 3.8) is 0 Å². The Morgan fingerprint density at radius 3 is 2.42 bits per heavy atom. The van der Waals surface area contributed by atoms with Gasteiger partial charge in [-0.25, -0.2) is 13.6 Å². The molecular formula is C11H16ClN3O3S. The topological polar surface area (TPSA) is 101 Å². The zero-order valence-corrected chi connectivity index (χ0v) is 11.8. The molecule has 0 bridgehead atoms. The van der Waals surface area contributed by atoms with Gasteiger partial charge in [0.1, 0.15) is 0 Å². The third-order valence-electron chi connectivity index (χ3n) is 2.84. The maximum absolute atomic E-state index is 11.8. The Bertz CT molecular complexity index is 539. The Morgan fingerprint density at radius 2 is 1.95 bits per heavy atom. The average molecular weight is 306 g/mol. The number of sulfonamides is 1. The predicted molar refractivity (Wildman–Crippen MR) is 73.8 cm³/mol. The highest BCUT2D eigenvalue weighted by Crippen LogP contribution is 2.09. The summed E-state index contributed by atoms with van der Waals surface area (Å²) in [5.41, 5.74) is 0.425. The lowest BCUT2D eigenvalue weighted by Gasteiger charge is -2.11. The van der Waals surface area contributed by atoms with E-state index < -0.39 is 10.0 Å². The molecule has 0 saturated carbocycles. The van der Waals surface area contributed by atoms with Crippen LogP contribution in [0.2, 0.25) is 0 Å². The van der Waals surface area contributed by atoms with Gasteiger partial charge in [-0.1, -0.05) is 0 Å². The van der Waals surface area contributed by atoms with Gasteiger partial charge in [0.2, 0.25) is 10.0 Å². The van der Waals surface area contributed by atoms with Crippen molar-refractivity contribution in [2.24, 2.45) is 5.14 Å². The second kappa shape index (κ2) is 6.33. The van der Waals surface area contributed by atoms with Gasteiger partial charge in [-0.15, -0.1) is 12.4 Å². The minimum absolute atomic E-state index is 0. The molecule has 1 fully saturated rings. The second-order valence-corrected chi connectivity index (χ2v) is 5.79. The summed E-state index contributed by atoms with van der Waals surface area (Å²) in [5.74, 6) is -0.204. The molecule has 2 rings (SSSR count). The van der Waals surface area contributed by atoms with Gasteiger partial charge in [-0.2, -0.15) is 0 Å². The number of nitrogens with one attached hydrogen (secondary N) is 2. The van der Waals surface area contributed by atoms with Gasteiger partial charge in [0.05, 0.1) is 4.90 Å². The van der Waals surface area contributed by atoms with E-state index in [4.69, 9.17) is 5.14 Å². The van der Waals surface area contributed by atoms with Gasteiger partial charge < -0.3 is 10.6 Å². The Labute approximate surface area is 118 Å². The van der Waals surface area contributed by atoms with Crippen molar-refractivity contribution in [1.29, 1.82) is 0 Å². The Morgan fingerprint density at radius 1 is 1.32 bits per heavy atom. The quantitative estimate of drug-likeness (QED) is 0.722. The van der Waals surface area contributed by atoms with E-state index in [9.17, 15) is 13.2 Å². The van der Waals surface area contributed by atoms with Gasteiger partial charge >= 0.3 is 0 Å². The van der Waals surface area contributed by atoms with Crippen molar-refractivity contribution < 1.29 is 13.2 Å². The van der Waals surface area contributed by atoms with E-state index in [1.807, 2.05) is 0 Å². The minimum atomic E-state index is -3.71. The first-order chi connectivity index (χ1) is 8.47. The molecule has 6 nitrogen and oxygen atoms in total. The van der Waals surface area contributed by atoms with Crippen LogP contribution < -0.4 is 15.8 Å². The summed E-state index contributed by atoms with van der Waals surface area (Å²) in [7, 11) is -3.71. The molecular weight excluding hydrogens is 290 g/mol. The zero-order chi connectivity index (χ0) is 13.2. The smallest absolute Gasteiger partial charge is 0.251 e. The fraction of sp³-hybridized carbons (Fsp3) is 0.364. The van der Waals surface area contributed by atoms with E-state index in [1.165, 1.54) is 24.3 Å². The van der Waals surface area contributed by atoms with Crippen LogP contribution in [0.15, 0.2) is 29.2 Å². The minimum Gasteiger partial charge on any atom is -0.348 e. The molecule has 0 unspecified atom stereocenters. The summed E-state index contributed by atoms with van der Waals surface area (Å²) in [6, 6.07) is 5.71. The number of carbonyl (C=O) groups is 1. The molecule has 0 spiro atoms. The summed E-state index contributed by atoms with van der Waals surface area (Å²) < 4.78 is 22.1. The summed E-state index contributed by atoms with van der Waals surface area (Å²) >= 11 is 0. The number of primary sulfonamides is 1. The molecule has 4 N–H and O–H groups in total. The Balaban J connectivity index is 0.00000180. The largest absolute Gasteiger partial charge is 0.348 e. The molecule has 1 saturated heterocycles. The molecule has 1 aliphatic rings. The molecule has 0 radical (unpaired) electrons. The number of nitrogens with two attached hydrogens (primary N) is 1. The molecule has 1 atom stereocenters. The number of amides is 1. The fourth-order valence-electron chi connectivity index (χ4n) is 1.84. The van der Waals surface area contributed by atoms with Crippen LogP contribution in [-0.2, 0) is 10.0 Å². The van der Waals surface area contributed by atoms with E-state index in [0.717, 1.165) is 19.5 Å². The normalized spacial score (nSPS) is 18.7. The number of carbonyl (C=O) groups excluding carboxylic acids is 1.